The van der Waals surface area contributed by atoms with Crippen molar-refractivity contribution in [3.63, 3.8) is 0 Å². The van der Waals surface area contributed by atoms with Crippen molar-refractivity contribution in [2.75, 3.05) is 25.6 Å². The van der Waals surface area contributed by atoms with E-state index in [9.17, 15) is 10.1 Å². The predicted octanol–water partition coefficient (Wildman–Crippen LogP) is 11.0. The van der Waals surface area contributed by atoms with E-state index in [4.69, 9.17) is 37.7 Å². The first-order valence-electron chi connectivity index (χ1n) is 23.1. The minimum atomic E-state index is -2.63. The normalized spacial score (nSPS) is 18.3. The first-order chi connectivity index (χ1) is 32.6. The Balaban J connectivity index is 1.39. The van der Waals surface area contributed by atoms with Crippen LogP contribution in [0.2, 0.25) is 18.1 Å². The average Bonchev–Trinajstić information content (AvgIpc) is 3.90. The van der Waals surface area contributed by atoms with Gasteiger partial charge in [0.05, 0.1) is 39.1 Å². The molecule has 1 fully saturated rings. The maximum absolute atomic E-state index is 13.4. The van der Waals surface area contributed by atoms with Crippen molar-refractivity contribution >= 4 is 39.7 Å². The topological polar surface area (TPSA) is 155 Å². The number of rotatable bonds is 20. The van der Waals surface area contributed by atoms with Crippen molar-refractivity contribution in [2.45, 2.75) is 115 Å². The average molecular weight is 958 g/mol. The zero-order chi connectivity index (χ0) is 48.6. The molecule has 68 heavy (non-hydrogen) atoms. The maximum atomic E-state index is 13.4. The summed E-state index contributed by atoms with van der Waals surface area (Å²) in [5.74, 6) is 0.631. The highest BCUT2D eigenvalue weighted by molar-refractivity contribution is 7.44. The Morgan fingerprint density at radius 3 is 2.00 bits per heavy atom. The number of nitrogens with one attached hydrogen (secondary N) is 1. The van der Waals surface area contributed by atoms with Gasteiger partial charge in [-0.1, -0.05) is 112 Å². The molecule has 14 nitrogen and oxygen atoms in total. The molecule has 1 saturated heterocycles. The number of nitriles is 1. The molecule has 0 spiro atoms. The predicted molar refractivity (Wildman–Crippen MR) is 267 cm³/mol. The summed E-state index contributed by atoms with van der Waals surface area (Å²) in [6.45, 7) is 19.7. The molecule has 5 atom stereocenters. The van der Waals surface area contributed by atoms with Crippen LogP contribution in [0.5, 0.6) is 5.75 Å². The minimum Gasteiger partial charge on any atom is -0.497 e. The molecule has 1 aliphatic heterocycles. The van der Waals surface area contributed by atoms with Gasteiger partial charge in [0.2, 0.25) is 0 Å². The fourth-order valence-electron chi connectivity index (χ4n) is 8.26. The van der Waals surface area contributed by atoms with Gasteiger partial charge < -0.3 is 33.0 Å². The van der Waals surface area contributed by atoms with Crippen molar-refractivity contribution in [3.8, 4) is 11.8 Å². The number of hydrogen-bond acceptors (Lipinski definition) is 12. The lowest BCUT2D eigenvalue weighted by molar-refractivity contribution is -0.0927. The first-order valence-corrected chi connectivity index (χ1v) is 27.1. The molecule has 16 heteroatoms. The molecule has 3 heterocycles. The van der Waals surface area contributed by atoms with Crippen LogP contribution in [0, 0.1) is 11.3 Å². The second-order valence-electron chi connectivity index (χ2n) is 18.8. The smallest absolute Gasteiger partial charge is 0.259 e. The van der Waals surface area contributed by atoms with Crippen LogP contribution >= 0.6 is 8.53 Å². The van der Waals surface area contributed by atoms with Crippen molar-refractivity contribution < 1.29 is 32.5 Å². The number of ether oxygens (including phenoxy) is 3. The second kappa shape index (κ2) is 21.9. The Morgan fingerprint density at radius 2 is 1.44 bits per heavy atom. The van der Waals surface area contributed by atoms with Crippen LogP contribution in [0.3, 0.4) is 0 Å². The Morgan fingerprint density at radius 1 is 0.853 bits per heavy atom. The molecule has 1 amide bonds. The highest BCUT2D eigenvalue weighted by Gasteiger charge is 2.54. The number of methoxy groups -OCH3 is 1. The lowest BCUT2D eigenvalue weighted by Crippen LogP contribution is -2.51. The molecule has 2 aromatic heterocycles. The van der Waals surface area contributed by atoms with Crippen LogP contribution in [0.1, 0.15) is 88.2 Å². The Hall–Kier alpha value is -5.40. The van der Waals surface area contributed by atoms with Crippen molar-refractivity contribution in [2.24, 2.45) is 0 Å². The lowest BCUT2D eigenvalue weighted by Gasteiger charge is -2.42. The third kappa shape index (κ3) is 10.9. The highest BCUT2D eigenvalue weighted by Crippen LogP contribution is 2.53. The molecule has 0 radical (unpaired) electrons. The summed E-state index contributed by atoms with van der Waals surface area (Å²) in [7, 11) is -2.79. The van der Waals surface area contributed by atoms with Crippen LogP contribution in [-0.2, 0) is 28.5 Å². The molecule has 4 aromatic carbocycles. The first kappa shape index (κ1) is 50.5. The van der Waals surface area contributed by atoms with Gasteiger partial charge in [-0.05, 0) is 86.8 Å². The van der Waals surface area contributed by atoms with Crippen LogP contribution in [0.25, 0.3) is 11.2 Å². The van der Waals surface area contributed by atoms with Gasteiger partial charge in [-0.3, -0.25) is 9.36 Å². The molecule has 0 bridgehead atoms. The van der Waals surface area contributed by atoms with E-state index in [1.807, 2.05) is 71.3 Å². The molecular formula is C52H64N7O7PSi. The molecular weight excluding hydrogens is 894 g/mol. The zero-order valence-corrected chi connectivity index (χ0v) is 42.6. The van der Waals surface area contributed by atoms with Crippen LogP contribution in [-0.4, -0.2) is 89.1 Å². The number of nitrogens with zero attached hydrogens (tertiary/aromatic N) is 6. The zero-order valence-electron chi connectivity index (χ0n) is 40.7. The Kier molecular flexibility index (Phi) is 16.3. The van der Waals surface area contributed by atoms with Crippen LogP contribution < -0.4 is 10.1 Å². The number of benzene rings is 4. The van der Waals surface area contributed by atoms with Gasteiger partial charge in [0.15, 0.2) is 31.5 Å². The molecule has 0 aliphatic carbocycles. The fraction of sp³-hybridized carbons (Fsp3) is 0.404. The number of imidazole rings is 1. The highest BCUT2D eigenvalue weighted by atomic mass is 31.2. The van der Waals surface area contributed by atoms with Crippen LogP contribution in [0.4, 0.5) is 5.82 Å². The van der Waals surface area contributed by atoms with E-state index in [2.05, 4.69) is 107 Å². The van der Waals surface area contributed by atoms with Gasteiger partial charge >= 0.3 is 0 Å². The van der Waals surface area contributed by atoms with Gasteiger partial charge in [-0.2, -0.15) is 5.26 Å². The fourth-order valence-corrected chi connectivity index (χ4v) is 11.3. The third-order valence-corrected chi connectivity index (χ3v) is 19.2. The summed E-state index contributed by atoms with van der Waals surface area (Å²) in [5, 5.41) is 12.4. The number of hydrogen-bond donors (Lipinski definition) is 1. The number of carbonyl (C=O) groups excluding carboxylic acids is 1. The van der Waals surface area contributed by atoms with E-state index in [1.165, 1.54) is 6.33 Å². The van der Waals surface area contributed by atoms with E-state index in [-0.39, 0.29) is 48.5 Å². The van der Waals surface area contributed by atoms with Gasteiger partial charge in [-0.15, -0.1) is 0 Å². The number of anilines is 1. The minimum absolute atomic E-state index is 0.0160. The van der Waals surface area contributed by atoms with Crippen LogP contribution in [0.15, 0.2) is 128 Å². The SMILES string of the molecule is COc1ccc(C(OC[C@H]2OC(n3cnc4c(NC(=O)c5ccccc5)ncnc43)[C@H](OP(OCCC#N)N(C(C)C)C(C)C)[C@@H]2O[Si](C)(C)C(C)(C)C)(c2ccccc2)c2ccccc2)cc1. The summed E-state index contributed by atoms with van der Waals surface area (Å²) >= 11 is 0. The summed E-state index contributed by atoms with van der Waals surface area (Å²) in [6, 6.07) is 39.5. The number of carbonyl (C=O) groups is 1. The summed E-state index contributed by atoms with van der Waals surface area (Å²) in [5.41, 5.74) is 2.86. The van der Waals surface area contributed by atoms with E-state index in [0.717, 1.165) is 22.4 Å². The van der Waals surface area contributed by atoms with E-state index in [0.29, 0.717) is 16.7 Å². The number of fused-ring (bicyclic) bond motifs is 1. The van der Waals surface area contributed by atoms with Crippen molar-refractivity contribution in [1.29, 1.82) is 5.26 Å². The molecule has 1 aliphatic rings. The van der Waals surface area contributed by atoms with Gasteiger partial charge in [-0.25, -0.2) is 19.6 Å². The monoisotopic (exact) mass is 957 g/mol. The Labute approximate surface area is 403 Å². The summed E-state index contributed by atoms with van der Waals surface area (Å²) in [6.07, 6.45) is 0.0456. The molecule has 358 valence electrons. The number of amides is 1. The summed E-state index contributed by atoms with van der Waals surface area (Å²) in [4.78, 5) is 27.4. The lowest BCUT2D eigenvalue weighted by atomic mass is 9.80. The second-order valence-corrected chi connectivity index (χ2v) is 25.0. The van der Waals surface area contributed by atoms with Gasteiger partial charge in [0, 0.05) is 17.6 Å². The van der Waals surface area contributed by atoms with Crippen molar-refractivity contribution in [3.05, 3.63) is 150 Å². The van der Waals surface area contributed by atoms with E-state index >= 15 is 0 Å². The van der Waals surface area contributed by atoms with Crippen molar-refractivity contribution in [1.82, 2.24) is 24.2 Å². The molecule has 0 saturated carbocycles. The van der Waals surface area contributed by atoms with Gasteiger partial charge in [0.1, 0.15) is 36.0 Å². The standard InChI is InChI=1S/C52H64N7O7PSi/c1-36(2)59(37(3)4)67(63-32-20-31-53)65-46-45(66-68(9,10)51(5,6)7)43(64-50(46)58-35-56-44-47(54-34-55-48(44)58)57-49(60)38-21-14-11-15-22-38)33-62-52(39-23-16-12-17-24-39,40-25-18-13-19-26-40)41-27-29-42(61-8)30-28-41/h11-19,21-30,34-37,43,45-46,50H,20,32-33H2,1-10H3,(H,54,55,57,60)/t43-,45-,46-,50?,67?/m1/s1. The number of aromatic nitrogens is 4. The summed E-state index contributed by atoms with van der Waals surface area (Å²) < 4.78 is 46.0. The Bertz CT molecular complexity index is 2560. The molecule has 1 N–H and O–H groups in total. The van der Waals surface area contributed by atoms with E-state index in [1.54, 1.807) is 37.7 Å². The van der Waals surface area contributed by atoms with E-state index < -0.39 is 47.0 Å². The van der Waals surface area contributed by atoms with Gasteiger partial charge in [0.25, 0.3) is 14.4 Å². The maximum Gasteiger partial charge on any atom is 0.259 e. The largest absolute Gasteiger partial charge is 0.497 e. The third-order valence-electron chi connectivity index (χ3n) is 12.6. The quantitative estimate of drug-likeness (QED) is 0.0335. The molecule has 2 unspecified atom stereocenters. The molecule has 7 rings (SSSR count). The molecule has 6 aromatic rings.